The van der Waals surface area contributed by atoms with Crippen LogP contribution < -0.4 is 0 Å². The average molecular weight is 356 g/mol. The first-order valence-corrected chi connectivity index (χ1v) is 17.4. The van der Waals surface area contributed by atoms with E-state index in [1.165, 1.54) is 96.3 Å². The van der Waals surface area contributed by atoms with E-state index in [2.05, 4.69) is 29.4 Å². The Labute approximate surface area is 139 Å². The van der Waals surface area contributed by atoms with Gasteiger partial charge in [0.15, 0.2) is 0 Å². The summed E-state index contributed by atoms with van der Waals surface area (Å²) in [5.41, 5.74) is 0. The predicted molar refractivity (Wildman–Crippen MR) is 103 cm³/mol. The Kier molecular flexibility index (Phi) is 15.8. The van der Waals surface area contributed by atoms with Crippen molar-refractivity contribution in [1.29, 1.82) is 0 Å². The van der Waals surface area contributed by atoms with Crippen molar-refractivity contribution < 1.29 is 0 Å². The third kappa shape index (κ3) is 20.5. The fraction of sp³-hybridized carbons (Fsp3) is 0.950. The minimum absolute atomic E-state index is 1.34. The first-order valence-electron chi connectivity index (χ1n) is 9.90. The van der Waals surface area contributed by atoms with Crippen LogP contribution in [-0.4, -0.2) is 13.3 Å². The first kappa shape index (κ1) is 21.5. The van der Waals surface area contributed by atoms with Crippen LogP contribution in [0.2, 0.25) is 17.3 Å². The van der Waals surface area contributed by atoms with E-state index in [1.54, 1.807) is 0 Å². The van der Waals surface area contributed by atoms with Gasteiger partial charge in [0, 0.05) is 0 Å². The Morgan fingerprint density at radius 2 is 0.857 bits per heavy atom. The number of rotatable bonds is 16. The molecule has 0 saturated carbocycles. The van der Waals surface area contributed by atoms with Crippen molar-refractivity contribution in [3.63, 3.8) is 0 Å². The van der Waals surface area contributed by atoms with E-state index in [1.807, 2.05) is 0 Å². The fourth-order valence-corrected chi connectivity index (χ4v) is 5.12. The Balaban J connectivity index is 3.00. The van der Waals surface area contributed by atoms with Crippen LogP contribution >= 0.6 is 0 Å². The summed E-state index contributed by atoms with van der Waals surface area (Å²) in [5, 5.41) is 2.67. The molecule has 0 heterocycles. The van der Waals surface area contributed by atoms with E-state index in [-0.39, 0.29) is 0 Å². The summed E-state index contributed by atoms with van der Waals surface area (Å²) in [6.45, 7) is 2.30. The molecule has 0 N–H and O–H groups in total. The van der Waals surface area contributed by atoms with Crippen molar-refractivity contribution in [2.75, 3.05) is 0 Å². The Bertz CT molecular complexity index is 193. The van der Waals surface area contributed by atoms with E-state index in [9.17, 15) is 0 Å². The molecule has 127 valence electrons. The standard InChI is InChI=1S/C20H43Ge/c1-5-6-7-8-9-10-11-12-13-14-15-16-17-18-19-20-21(2,3)4/h20H,5-19H2,1-4H3. The van der Waals surface area contributed by atoms with Crippen LogP contribution in [0.5, 0.6) is 0 Å². The molecule has 0 aromatic carbocycles. The fourth-order valence-electron chi connectivity index (χ4n) is 2.87. The zero-order valence-electron chi connectivity index (χ0n) is 15.7. The van der Waals surface area contributed by atoms with Crippen LogP contribution in [0.4, 0.5) is 0 Å². The molecule has 0 fully saturated rings. The molecule has 1 heteroatoms. The van der Waals surface area contributed by atoms with Gasteiger partial charge >= 0.3 is 106 Å². The Morgan fingerprint density at radius 1 is 0.524 bits per heavy atom. The van der Waals surface area contributed by atoms with Gasteiger partial charge in [0.25, 0.3) is 0 Å². The van der Waals surface area contributed by atoms with Crippen molar-refractivity contribution in [3.8, 4) is 0 Å². The van der Waals surface area contributed by atoms with Crippen LogP contribution in [0.1, 0.15) is 103 Å². The molecule has 0 amide bonds. The first-order chi connectivity index (χ1) is 10.1. The third-order valence-electron chi connectivity index (χ3n) is 4.31. The van der Waals surface area contributed by atoms with Gasteiger partial charge in [-0.05, 0) is 0 Å². The molecular weight excluding hydrogens is 313 g/mol. The van der Waals surface area contributed by atoms with Gasteiger partial charge in [-0.25, -0.2) is 0 Å². The van der Waals surface area contributed by atoms with E-state index in [4.69, 9.17) is 0 Å². The number of hydrogen-bond acceptors (Lipinski definition) is 0. The summed E-state index contributed by atoms with van der Waals surface area (Å²) in [6.07, 6.45) is 21.9. The second kappa shape index (κ2) is 15.4. The van der Waals surface area contributed by atoms with Gasteiger partial charge in [0.2, 0.25) is 0 Å². The van der Waals surface area contributed by atoms with Gasteiger partial charge in [-0.1, -0.05) is 32.6 Å². The third-order valence-corrected chi connectivity index (χ3v) is 7.49. The van der Waals surface area contributed by atoms with Crippen molar-refractivity contribution >= 4 is 13.3 Å². The molecular formula is C20H43Ge. The molecule has 0 aromatic rings. The van der Waals surface area contributed by atoms with E-state index in [0.29, 0.717) is 0 Å². The summed E-state index contributed by atoms with van der Waals surface area (Å²) < 4.78 is 0. The second-order valence-corrected chi connectivity index (χ2v) is 18.7. The van der Waals surface area contributed by atoms with Gasteiger partial charge in [0.1, 0.15) is 0 Å². The molecule has 0 aromatic heterocycles. The van der Waals surface area contributed by atoms with Crippen LogP contribution in [0.3, 0.4) is 0 Å². The topological polar surface area (TPSA) is 0 Å². The predicted octanol–water partition coefficient (Wildman–Crippen LogP) is 7.94. The average Bonchev–Trinajstić information content (AvgIpc) is 2.42. The van der Waals surface area contributed by atoms with Crippen LogP contribution in [0.25, 0.3) is 0 Å². The van der Waals surface area contributed by atoms with E-state index >= 15 is 0 Å². The van der Waals surface area contributed by atoms with Crippen molar-refractivity contribution in [3.05, 3.63) is 5.25 Å². The molecule has 0 spiro atoms. The van der Waals surface area contributed by atoms with Crippen molar-refractivity contribution in [1.82, 2.24) is 0 Å². The summed E-state index contributed by atoms with van der Waals surface area (Å²) in [5.74, 6) is 7.47. The van der Waals surface area contributed by atoms with Gasteiger partial charge in [-0.3, -0.25) is 0 Å². The molecule has 0 saturated heterocycles. The van der Waals surface area contributed by atoms with Gasteiger partial charge in [-0.2, -0.15) is 0 Å². The summed E-state index contributed by atoms with van der Waals surface area (Å²) in [4.78, 5) is 0. The molecule has 0 nitrogen and oxygen atoms in total. The minimum atomic E-state index is -1.34. The second-order valence-electron chi connectivity index (χ2n) is 7.96. The Morgan fingerprint density at radius 3 is 1.19 bits per heavy atom. The molecule has 0 aliphatic heterocycles. The monoisotopic (exact) mass is 357 g/mol. The maximum atomic E-state index is 2.67. The molecule has 1 radical (unpaired) electrons. The van der Waals surface area contributed by atoms with Crippen LogP contribution in [0, 0.1) is 5.25 Å². The van der Waals surface area contributed by atoms with Gasteiger partial charge < -0.3 is 0 Å². The van der Waals surface area contributed by atoms with Gasteiger partial charge in [-0.15, -0.1) is 0 Å². The summed E-state index contributed by atoms with van der Waals surface area (Å²) in [7, 11) is 0. The number of hydrogen-bond donors (Lipinski definition) is 0. The van der Waals surface area contributed by atoms with Crippen molar-refractivity contribution in [2.24, 2.45) is 0 Å². The molecule has 21 heavy (non-hydrogen) atoms. The molecule has 0 aliphatic carbocycles. The molecule has 0 atom stereocenters. The molecule has 0 unspecified atom stereocenters. The van der Waals surface area contributed by atoms with Crippen LogP contribution in [-0.2, 0) is 0 Å². The normalized spacial score (nSPS) is 12.0. The SMILES string of the molecule is CCCCCCCCCCCCCCCC[CH][Ge]([CH3])([CH3])[CH3]. The molecule has 0 rings (SSSR count). The Hall–Kier alpha value is 0.543. The van der Waals surface area contributed by atoms with Gasteiger partial charge in [0.05, 0.1) is 0 Å². The summed E-state index contributed by atoms with van der Waals surface area (Å²) >= 11 is -1.34. The zero-order chi connectivity index (χ0) is 15.8. The van der Waals surface area contributed by atoms with Crippen LogP contribution in [0.15, 0.2) is 0 Å². The zero-order valence-corrected chi connectivity index (χ0v) is 17.8. The maximum absolute atomic E-state index is 2.67. The van der Waals surface area contributed by atoms with Crippen molar-refractivity contribution in [2.45, 2.75) is 121 Å². The van der Waals surface area contributed by atoms with E-state index < -0.39 is 13.3 Å². The van der Waals surface area contributed by atoms with E-state index in [0.717, 1.165) is 0 Å². The quantitative estimate of drug-likeness (QED) is 0.194. The molecule has 0 aliphatic rings. The number of unbranched alkanes of at least 4 members (excludes halogenated alkanes) is 14. The molecule has 0 bridgehead atoms. The summed E-state index contributed by atoms with van der Waals surface area (Å²) in [6, 6.07) is 0.